The lowest BCUT2D eigenvalue weighted by Gasteiger charge is -2.33. The van der Waals surface area contributed by atoms with E-state index in [2.05, 4.69) is 11.8 Å². The van der Waals surface area contributed by atoms with Gasteiger partial charge in [0.15, 0.2) is 0 Å². The van der Waals surface area contributed by atoms with Crippen LogP contribution in [-0.4, -0.2) is 57.0 Å². The van der Waals surface area contributed by atoms with Gasteiger partial charge in [-0.05, 0) is 19.5 Å². The number of hydrogen-bond acceptors (Lipinski definition) is 4. The van der Waals surface area contributed by atoms with Crippen LogP contribution in [0.25, 0.3) is 0 Å². The van der Waals surface area contributed by atoms with Gasteiger partial charge in [0.05, 0.1) is 16.7 Å². The number of nitrogens with zero attached hydrogens (tertiary/aromatic N) is 2. The Morgan fingerprint density at radius 2 is 1.73 bits per heavy atom. The summed E-state index contributed by atoms with van der Waals surface area (Å²) in [5, 5.41) is 0.378. The number of piperazine rings is 1. The molecule has 1 fully saturated rings. The minimum atomic E-state index is -3.64. The van der Waals surface area contributed by atoms with Gasteiger partial charge < -0.3 is 9.64 Å². The Morgan fingerprint density at radius 3 is 2.27 bits per heavy atom. The van der Waals surface area contributed by atoms with Gasteiger partial charge in [-0.2, -0.15) is 4.31 Å². The highest BCUT2D eigenvalue weighted by Gasteiger charge is 2.30. The summed E-state index contributed by atoms with van der Waals surface area (Å²) in [6.45, 7) is 7.59. The predicted octanol–water partition coefficient (Wildman–Crippen LogP) is 2.72. The van der Waals surface area contributed by atoms with E-state index in [0.717, 1.165) is 19.6 Å². The summed E-state index contributed by atoms with van der Waals surface area (Å²) in [5.41, 5.74) is 0. The zero-order chi connectivity index (χ0) is 16.3. The number of likely N-dealkylation sites (N-methyl/N-ethyl adjacent to an activating group) is 1. The van der Waals surface area contributed by atoms with Crippen molar-refractivity contribution >= 4 is 33.2 Å². The fraction of sp³-hybridized carbons (Fsp3) is 0.571. The van der Waals surface area contributed by atoms with Crippen LogP contribution in [0.2, 0.25) is 10.0 Å². The Labute approximate surface area is 141 Å². The largest absolute Gasteiger partial charge is 0.492 e. The van der Waals surface area contributed by atoms with Crippen LogP contribution in [0.4, 0.5) is 0 Å². The van der Waals surface area contributed by atoms with Gasteiger partial charge >= 0.3 is 0 Å². The molecule has 1 aromatic rings. The maximum Gasteiger partial charge on any atom is 0.244 e. The summed E-state index contributed by atoms with van der Waals surface area (Å²) in [5.74, 6) is 0.393. The Hall–Kier alpha value is -0.530. The van der Waals surface area contributed by atoms with Crippen LogP contribution in [0.1, 0.15) is 13.8 Å². The van der Waals surface area contributed by atoms with Crippen molar-refractivity contribution in [3.63, 3.8) is 0 Å². The first kappa shape index (κ1) is 17.8. The molecule has 0 unspecified atom stereocenters. The molecule has 0 radical (unpaired) electrons. The molecule has 0 bridgehead atoms. The van der Waals surface area contributed by atoms with E-state index in [1.54, 1.807) is 0 Å². The fourth-order valence-electron chi connectivity index (χ4n) is 2.40. The topological polar surface area (TPSA) is 49.9 Å². The summed E-state index contributed by atoms with van der Waals surface area (Å²) >= 11 is 12.2. The first-order valence-electron chi connectivity index (χ1n) is 7.24. The quantitative estimate of drug-likeness (QED) is 0.803. The molecule has 1 aliphatic heterocycles. The molecule has 0 aliphatic carbocycles. The molecule has 0 amide bonds. The summed E-state index contributed by atoms with van der Waals surface area (Å²) in [6, 6.07) is 2.83. The first-order valence-corrected chi connectivity index (χ1v) is 9.44. The Balaban J connectivity index is 2.28. The van der Waals surface area contributed by atoms with E-state index in [1.807, 2.05) is 6.92 Å². The fourth-order valence-corrected chi connectivity index (χ4v) is 4.62. The molecular formula is C14H20Cl2N2O3S. The maximum absolute atomic E-state index is 12.7. The van der Waals surface area contributed by atoms with Gasteiger partial charge in [0.1, 0.15) is 10.6 Å². The van der Waals surface area contributed by atoms with Crippen LogP contribution in [0.3, 0.4) is 0 Å². The van der Waals surface area contributed by atoms with Crippen molar-refractivity contribution in [2.75, 3.05) is 39.3 Å². The second-order valence-electron chi connectivity index (χ2n) is 4.98. The van der Waals surface area contributed by atoms with E-state index in [0.29, 0.717) is 25.4 Å². The molecule has 124 valence electrons. The second-order valence-corrected chi connectivity index (χ2v) is 7.71. The number of halogens is 2. The molecule has 5 nitrogen and oxygen atoms in total. The highest BCUT2D eigenvalue weighted by Crippen LogP contribution is 2.35. The zero-order valence-corrected chi connectivity index (χ0v) is 15.0. The van der Waals surface area contributed by atoms with Crippen molar-refractivity contribution in [1.29, 1.82) is 0 Å². The van der Waals surface area contributed by atoms with Crippen LogP contribution in [-0.2, 0) is 10.0 Å². The van der Waals surface area contributed by atoms with Gasteiger partial charge in [-0.1, -0.05) is 30.1 Å². The lowest BCUT2D eigenvalue weighted by Crippen LogP contribution is -2.48. The molecule has 1 aliphatic rings. The van der Waals surface area contributed by atoms with Crippen molar-refractivity contribution in [3.05, 3.63) is 22.2 Å². The van der Waals surface area contributed by atoms with Gasteiger partial charge in [0, 0.05) is 32.2 Å². The molecule has 0 saturated carbocycles. The molecule has 0 N–H and O–H groups in total. The molecule has 0 aromatic heterocycles. The Bertz CT molecular complexity index is 629. The first-order chi connectivity index (χ1) is 10.4. The number of ether oxygens (including phenoxy) is 1. The predicted molar refractivity (Wildman–Crippen MR) is 88.5 cm³/mol. The third-order valence-corrected chi connectivity index (χ3v) is 6.34. The molecule has 2 rings (SSSR count). The number of hydrogen-bond donors (Lipinski definition) is 0. The normalized spacial score (nSPS) is 17.6. The molecule has 0 atom stereocenters. The molecule has 1 heterocycles. The minimum absolute atomic E-state index is 0.0348. The van der Waals surface area contributed by atoms with E-state index in [1.165, 1.54) is 16.4 Å². The lowest BCUT2D eigenvalue weighted by molar-refractivity contribution is 0.196. The van der Waals surface area contributed by atoms with E-state index >= 15 is 0 Å². The van der Waals surface area contributed by atoms with Crippen LogP contribution < -0.4 is 4.74 Å². The standard InChI is InChI=1S/C14H20Cl2N2O3S/c1-3-17-5-7-18(8-6-17)22(19,20)14-10-11(15)13(21-4-2)9-12(14)16/h9-10H,3-8H2,1-2H3. The van der Waals surface area contributed by atoms with Gasteiger partial charge in [-0.3, -0.25) is 0 Å². The average Bonchev–Trinajstić information content (AvgIpc) is 2.50. The minimum Gasteiger partial charge on any atom is -0.492 e. The monoisotopic (exact) mass is 366 g/mol. The zero-order valence-electron chi connectivity index (χ0n) is 12.7. The highest BCUT2D eigenvalue weighted by molar-refractivity contribution is 7.89. The smallest absolute Gasteiger partial charge is 0.244 e. The van der Waals surface area contributed by atoms with Gasteiger partial charge in [0.25, 0.3) is 0 Å². The van der Waals surface area contributed by atoms with Gasteiger partial charge in [-0.25, -0.2) is 8.42 Å². The summed E-state index contributed by atoms with van der Waals surface area (Å²) in [7, 11) is -3.64. The van der Waals surface area contributed by atoms with Crippen molar-refractivity contribution in [3.8, 4) is 5.75 Å². The summed E-state index contributed by atoms with van der Waals surface area (Å²) in [4.78, 5) is 2.24. The Kier molecular flexibility index (Phi) is 5.96. The summed E-state index contributed by atoms with van der Waals surface area (Å²) in [6.07, 6.45) is 0. The van der Waals surface area contributed by atoms with E-state index in [9.17, 15) is 8.42 Å². The van der Waals surface area contributed by atoms with Gasteiger partial charge in [0.2, 0.25) is 10.0 Å². The second kappa shape index (κ2) is 7.36. The summed E-state index contributed by atoms with van der Waals surface area (Å²) < 4.78 is 32.3. The van der Waals surface area contributed by atoms with Crippen molar-refractivity contribution in [1.82, 2.24) is 9.21 Å². The SMILES string of the molecule is CCOc1cc(Cl)c(S(=O)(=O)N2CCN(CC)CC2)cc1Cl. The van der Waals surface area contributed by atoms with Crippen molar-refractivity contribution < 1.29 is 13.2 Å². The maximum atomic E-state index is 12.7. The molecular weight excluding hydrogens is 347 g/mol. The molecule has 8 heteroatoms. The van der Waals surface area contributed by atoms with Crippen LogP contribution >= 0.6 is 23.2 Å². The van der Waals surface area contributed by atoms with Crippen molar-refractivity contribution in [2.45, 2.75) is 18.7 Å². The van der Waals surface area contributed by atoms with Crippen LogP contribution in [0.15, 0.2) is 17.0 Å². The third kappa shape index (κ3) is 3.68. The van der Waals surface area contributed by atoms with Gasteiger partial charge in [-0.15, -0.1) is 0 Å². The molecule has 22 heavy (non-hydrogen) atoms. The molecule has 1 aromatic carbocycles. The number of rotatable bonds is 5. The van der Waals surface area contributed by atoms with E-state index in [4.69, 9.17) is 27.9 Å². The van der Waals surface area contributed by atoms with Crippen LogP contribution in [0, 0.1) is 0 Å². The van der Waals surface area contributed by atoms with E-state index < -0.39 is 10.0 Å². The Morgan fingerprint density at radius 1 is 1.09 bits per heavy atom. The third-order valence-electron chi connectivity index (χ3n) is 3.68. The molecule has 1 saturated heterocycles. The highest BCUT2D eigenvalue weighted by atomic mass is 35.5. The van der Waals surface area contributed by atoms with E-state index in [-0.39, 0.29) is 14.9 Å². The lowest BCUT2D eigenvalue weighted by atomic mass is 10.3. The number of sulfonamides is 1. The molecule has 0 spiro atoms. The average molecular weight is 367 g/mol. The van der Waals surface area contributed by atoms with Crippen molar-refractivity contribution in [2.24, 2.45) is 0 Å². The van der Waals surface area contributed by atoms with Crippen LogP contribution in [0.5, 0.6) is 5.75 Å². The number of benzene rings is 1.